The van der Waals surface area contributed by atoms with Gasteiger partial charge in [-0.15, -0.1) is 0 Å². The number of aliphatic hydroxyl groups is 1. The van der Waals surface area contributed by atoms with Crippen molar-refractivity contribution in [1.82, 2.24) is 0 Å². The average Bonchev–Trinajstić information content (AvgIpc) is 2.30. The number of benzene rings is 1. The van der Waals surface area contributed by atoms with E-state index in [-0.39, 0.29) is 12.1 Å². The number of nitro benzene ring substituents is 1. The van der Waals surface area contributed by atoms with Gasteiger partial charge < -0.3 is 9.84 Å². The highest BCUT2D eigenvalue weighted by molar-refractivity contribution is 9.10. The number of rotatable bonds is 4. The zero-order chi connectivity index (χ0) is 13.0. The van der Waals surface area contributed by atoms with Gasteiger partial charge in [-0.2, -0.15) is 0 Å². The maximum Gasteiger partial charge on any atom is 0.335 e. The summed E-state index contributed by atoms with van der Waals surface area (Å²) < 4.78 is 4.84. The molecule has 1 aromatic carbocycles. The summed E-state index contributed by atoms with van der Waals surface area (Å²) >= 11 is 3.15. The van der Waals surface area contributed by atoms with E-state index >= 15 is 0 Å². The van der Waals surface area contributed by atoms with E-state index in [9.17, 15) is 20.0 Å². The Balaban J connectivity index is 2.86. The molecule has 0 aliphatic heterocycles. The van der Waals surface area contributed by atoms with E-state index in [4.69, 9.17) is 0 Å². The molecule has 0 aliphatic carbocycles. The Morgan fingerprint density at radius 3 is 2.76 bits per heavy atom. The summed E-state index contributed by atoms with van der Waals surface area (Å²) in [6.45, 7) is 0. The Morgan fingerprint density at radius 2 is 2.29 bits per heavy atom. The number of ether oxygens (including phenoxy) is 1. The molecule has 0 fully saturated rings. The van der Waals surface area contributed by atoms with Gasteiger partial charge in [-0.3, -0.25) is 10.1 Å². The highest BCUT2D eigenvalue weighted by Crippen LogP contribution is 2.24. The van der Waals surface area contributed by atoms with Gasteiger partial charge in [0.15, 0.2) is 6.10 Å². The zero-order valence-electron chi connectivity index (χ0n) is 8.92. The molecule has 17 heavy (non-hydrogen) atoms. The number of hydrogen-bond donors (Lipinski definition) is 1. The van der Waals surface area contributed by atoms with Crippen LogP contribution in [0.4, 0.5) is 5.69 Å². The Labute approximate surface area is 105 Å². The van der Waals surface area contributed by atoms with Crippen LogP contribution in [0, 0.1) is 10.1 Å². The molecule has 0 bridgehead atoms. The predicted molar refractivity (Wildman–Crippen MR) is 62.5 cm³/mol. The van der Waals surface area contributed by atoms with E-state index < -0.39 is 17.0 Å². The minimum absolute atomic E-state index is 0.0330. The van der Waals surface area contributed by atoms with Crippen molar-refractivity contribution in [1.29, 1.82) is 0 Å². The lowest BCUT2D eigenvalue weighted by Gasteiger charge is -2.09. The number of carbonyl (C=O) groups is 1. The van der Waals surface area contributed by atoms with Crippen molar-refractivity contribution in [3.8, 4) is 0 Å². The molecular formula is C10H10BrNO5. The van der Waals surface area contributed by atoms with Crippen LogP contribution in [0.1, 0.15) is 5.56 Å². The summed E-state index contributed by atoms with van der Waals surface area (Å²) in [6.07, 6.45) is -1.25. The fourth-order valence-electron chi connectivity index (χ4n) is 1.24. The SMILES string of the molecule is COC(=O)C(O)Cc1ccc([N+](=O)[O-])cc1Br. The zero-order valence-corrected chi connectivity index (χ0v) is 10.5. The minimum atomic E-state index is -1.28. The van der Waals surface area contributed by atoms with Crippen molar-refractivity contribution < 1.29 is 19.6 Å². The first-order valence-electron chi connectivity index (χ1n) is 4.64. The van der Waals surface area contributed by atoms with Crippen molar-refractivity contribution in [2.75, 3.05) is 7.11 Å². The third kappa shape index (κ3) is 3.50. The number of esters is 1. The van der Waals surface area contributed by atoms with Crippen LogP contribution in [0.2, 0.25) is 0 Å². The quantitative estimate of drug-likeness (QED) is 0.516. The summed E-state index contributed by atoms with van der Waals surface area (Å²) in [5, 5.41) is 19.9. The highest BCUT2D eigenvalue weighted by atomic mass is 79.9. The lowest BCUT2D eigenvalue weighted by molar-refractivity contribution is -0.384. The van der Waals surface area contributed by atoms with Crippen LogP contribution < -0.4 is 0 Å². The molecule has 0 amide bonds. The van der Waals surface area contributed by atoms with Gasteiger partial charge in [0.25, 0.3) is 5.69 Å². The van der Waals surface area contributed by atoms with Crippen molar-refractivity contribution in [3.05, 3.63) is 38.3 Å². The Morgan fingerprint density at radius 1 is 1.65 bits per heavy atom. The van der Waals surface area contributed by atoms with Gasteiger partial charge in [-0.05, 0) is 5.56 Å². The summed E-state index contributed by atoms with van der Waals surface area (Å²) in [5.74, 6) is -0.741. The molecule has 0 heterocycles. The van der Waals surface area contributed by atoms with Gasteiger partial charge in [-0.25, -0.2) is 4.79 Å². The van der Waals surface area contributed by atoms with E-state index in [0.717, 1.165) is 0 Å². The lowest BCUT2D eigenvalue weighted by Crippen LogP contribution is -2.24. The van der Waals surface area contributed by atoms with Gasteiger partial charge >= 0.3 is 5.97 Å². The van der Waals surface area contributed by atoms with E-state index in [0.29, 0.717) is 10.0 Å². The highest BCUT2D eigenvalue weighted by Gasteiger charge is 2.18. The normalized spacial score (nSPS) is 11.9. The molecule has 0 aromatic heterocycles. The summed E-state index contributed by atoms with van der Waals surface area (Å²) in [4.78, 5) is 21.0. The summed E-state index contributed by atoms with van der Waals surface area (Å²) in [6, 6.07) is 4.11. The Bertz CT molecular complexity index is 448. The first-order valence-corrected chi connectivity index (χ1v) is 5.43. The van der Waals surface area contributed by atoms with Gasteiger partial charge in [0.1, 0.15) is 0 Å². The third-order valence-electron chi connectivity index (χ3n) is 2.13. The standard InChI is InChI=1S/C10H10BrNO5/c1-17-10(14)9(13)4-6-2-3-7(12(15)16)5-8(6)11/h2-3,5,9,13H,4H2,1H3. The second-order valence-electron chi connectivity index (χ2n) is 3.28. The minimum Gasteiger partial charge on any atom is -0.467 e. The van der Waals surface area contributed by atoms with Gasteiger partial charge in [0.05, 0.1) is 12.0 Å². The molecule has 0 spiro atoms. The third-order valence-corrected chi connectivity index (χ3v) is 2.87. The van der Waals surface area contributed by atoms with Crippen LogP contribution in [0.15, 0.2) is 22.7 Å². The number of halogens is 1. The summed E-state index contributed by atoms with van der Waals surface area (Å²) in [7, 11) is 1.18. The van der Waals surface area contributed by atoms with Crippen LogP contribution in [0.3, 0.4) is 0 Å². The molecule has 6 nitrogen and oxygen atoms in total. The monoisotopic (exact) mass is 303 g/mol. The van der Waals surface area contributed by atoms with E-state index in [1.807, 2.05) is 0 Å². The second kappa shape index (κ2) is 5.74. The fraction of sp³-hybridized carbons (Fsp3) is 0.300. The maximum absolute atomic E-state index is 11.0. The number of nitro groups is 1. The molecule has 1 aromatic rings. The van der Waals surface area contributed by atoms with Crippen LogP contribution >= 0.6 is 15.9 Å². The van der Waals surface area contributed by atoms with E-state index in [2.05, 4.69) is 20.7 Å². The van der Waals surface area contributed by atoms with Crippen molar-refractivity contribution in [2.24, 2.45) is 0 Å². The molecule has 1 rings (SSSR count). The number of hydrogen-bond acceptors (Lipinski definition) is 5. The first-order chi connectivity index (χ1) is 7.95. The van der Waals surface area contributed by atoms with Crippen LogP contribution in [-0.2, 0) is 16.0 Å². The fourth-order valence-corrected chi connectivity index (χ4v) is 1.77. The smallest absolute Gasteiger partial charge is 0.335 e. The van der Waals surface area contributed by atoms with Crippen molar-refractivity contribution in [3.63, 3.8) is 0 Å². The van der Waals surface area contributed by atoms with E-state index in [1.165, 1.54) is 25.3 Å². The van der Waals surface area contributed by atoms with E-state index in [1.54, 1.807) is 0 Å². The Kier molecular flexibility index (Phi) is 4.59. The summed E-state index contributed by atoms with van der Waals surface area (Å²) in [5.41, 5.74) is 0.529. The lowest BCUT2D eigenvalue weighted by atomic mass is 10.1. The van der Waals surface area contributed by atoms with Crippen LogP contribution in [0.5, 0.6) is 0 Å². The molecule has 92 valence electrons. The molecule has 0 aliphatic rings. The largest absolute Gasteiger partial charge is 0.467 e. The number of non-ortho nitro benzene ring substituents is 1. The maximum atomic E-state index is 11.0. The number of carbonyl (C=O) groups excluding carboxylic acids is 1. The number of methoxy groups -OCH3 is 1. The van der Waals surface area contributed by atoms with Crippen molar-refractivity contribution in [2.45, 2.75) is 12.5 Å². The molecule has 1 unspecified atom stereocenters. The average molecular weight is 304 g/mol. The van der Waals surface area contributed by atoms with Gasteiger partial charge in [-0.1, -0.05) is 22.0 Å². The van der Waals surface area contributed by atoms with Crippen LogP contribution in [0.25, 0.3) is 0 Å². The molecule has 7 heteroatoms. The number of nitrogens with zero attached hydrogens (tertiary/aromatic N) is 1. The number of aliphatic hydroxyl groups excluding tert-OH is 1. The van der Waals surface area contributed by atoms with Gasteiger partial charge in [0, 0.05) is 23.0 Å². The molecular weight excluding hydrogens is 294 g/mol. The molecule has 0 saturated heterocycles. The Hall–Kier alpha value is -1.47. The molecule has 0 saturated carbocycles. The van der Waals surface area contributed by atoms with Gasteiger partial charge in [0.2, 0.25) is 0 Å². The molecule has 1 N–H and O–H groups in total. The van der Waals surface area contributed by atoms with Crippen LogP contribution in [-0.4, -0.2) is 29.2 Å². The molecule has 1 atom stereocenters. The van der Waals surface area contributed by atoms with Crippen molar-refractivity contribution >= 4 is 27.6 Å². The predicted octanol–water partition coefficient (Wildman–Crippen LogP) is 1.43. The topological polar surface area (TPSA) is 89.7 Å². The molecule has 0 radical (unpaired) electrons. The first kappa shape index (κ1) is 13.6. The second-order valence-corrected chi connectivity index (χ2v) is 4.13.